The highest BCUT2D eigenvalue weighted by Gasteiger charge is 2.09. The molecular weight excluding hydrogens is 422 g/mol. The van der Waals surface area contributed by atoms with Crippen molar-refractivity contribution in [2.45, 2.75) is 40.0 Å². The molecule has 1 aliphatic rings. The van der Waals surface area contributed by atoms with Crippen LogP contribution in [-0.2, 0) is 6.42 Å². The summed E-state index contributed by atoms with van der Waals surface area (Å²) in [4.78, 5) is 0. The van der Waals surface area contributed by atoms with Gasteiger partial charge in [0.15, 0.2) is 0 Å². The van der Waals surface area contributed by atoms with Crippen molar-refractivity contribution in [3.8, 4) is 0 Å². The Labute approximate surface area is 211 Å². The number of allylic oxidation sites excluding steroid dienone is 6. The zero-order valence-corrected chi connectivity index (χ0v) is 21.4. The van der Waals surface area contributed by atoms with Gasteiger partial charge in [0.2, 0.25) is 0 Å². The van der Waals surface area contributed by atoms with Crippen LogP contribution >= 0.6 is 0 Å². The monoisotopic (exact) mass is 459 g/mol. The Morgan fingerprint density at radius 2 is 1.57 bits per heavy atom. The third-order valence-electron chi connectivity index (χ3n) is 6.04. The Bertz CT molecular complexity index is 1240. The highest BCUT2D eigenvalue weighted by molar-refractivity contribution is 5.84. The predicted molar refractivity (Wildman–Crippen MR) is 156 cm³/mol. The van der Waals surface area contributed by atoms with Gasteiger partial charge in [0, 0.05) is 16.9 Å². The topological polar surface area (TPSA) is 12.0 Å². The summed E-state index contributed by atoms with van der Waals surface area (Å²) < 4.78 is 0. The maximum Gasteiger partial charge on any atom is 0.0460 e. The highest BCUT2D eigenvalue weighted by atomic mass is 14.9. The van der Waals surface area contributed by atoms with E-state index in [0.29, 0.717) is 0 Å². The molecule has 0 fully saturated rings. The summed E-state index contributed by atoms with van der Waals surface area (Å²) in [6.07, 6.45) is 9.78. The molecule has 3 aromatic carbocycles. The normalized spacial score (nSPS) is 11.8. The van der Waals surface area contributed by atoms with Crippen molar-refractivity contribution < 1.29 is 0 Å². The lowest BCUT2D eigenvalue weighted by molar-refractivity contribution is 0.922. The first-order chi connectivity index (χ1) is 16.9. The molecule has 0 radical (unpaired) electrons. The molecule has 0 bridgehead atoms. The molecule has 35 heavy (non-hydrogen) atoms. The molecule has 1 N–H and O–H groups in total. The van der Waals surface area contributed by atoms with E-state index in [0.717, 1.165) is 45.6 Å². The Kier molecular flexibility index (Phi) is 9.26. The minimum absolute atomic E-state index is 0.871. The van der Waals surface area contributed by atoms with Crippen LogP contribution in [0.4, 0.5) is 5.69 Å². The molecule has 3 aromatic rings. The van der Waals surface area contributed by atoms with Gasteiger partial charge in [-0.3, -0.25) is 0 Å². The zero-order valence-electron chi connectivity index (χ0n) is 21.4. The number of hydrogen-bond acceptors (Lipinski definition) is 1. The summed E-state index contributed by atoms with van der Waals surface area (Å²) in [6.45, 7) is 18.8. The van der Waals surface area contributed by atoms with Crippen molar-refractivity contribution in [3.63, 3.8) is 0 Å². The van der Waals surface area contributed by atoms with E-state index in [2.05, 4.69) is 130 Å². The molecule has 0 atom stereocenters. The van der Waals surface area contributed by atoms with E-state index in [4.69, 9.17) is 0 Å². The first-order valence-electron chi connectivity index (χ1n) is 12.3. The fourth-order valence-electron chi connectivity index (χ4n) is 4.02. The van der Waals surface area contributed by atoms with Crippen molar-refractivity contribution in [2.75, 3.05) is 5.32 Å². The van der Waals surface area contributed by atoms with Crippen molar-refractivity contribution in [3.05, 3.63) is 144 Å². The van der Waals surface area contributed by atoms with Crippen molar-refractivity contribution in [1.29, 1.82) is 0 Å². The molecule has 0 spiro atoms. The molecule has 178 valence electrons. The van der Waals surface area contributed by atoms with Gasteiger partial charge in [-0.2, -0.15) is 0 Å². The van der Waals surface area contributed by atoms with Crippen LogP contribution in [0.5, 0.6) is 0 Å². The Hall–Kier alpha value is -3.84. The standard InChI is InChI=1S/C25H25N.C9H12/c1-17(2)24-16-18(3)10-15-25(24)26-20(5)23-13-11-22(12-14-23)19(4)21-8-6-7-9-21;1-2-6-9-7-4-3-5-8-9/h6-8,10-16,26H,1,4-5,9H2,2-3H3;3-5,7-8H,2,6H2,1H3. The van der Waals surface area contributed by atoms with E-state index < -0.39 is 0 Å². The SMILES string of the molecule is C=C(Nc1ccc(C)cc1C(=C)C)c1ccc(C(=C)C2=CC=CC2)cc1.CCCc1ccccc1. The Balaban J connectivity index is 0.000000320. The molecule has 0 aromatic heterocycles. The molecule has 1 heteroatoms. The van der Waals surface area contributed by atoms with Gasteiger partial charge < -0.3 is 5.32 Å². The lowest BCUT2D eigenvalue weighted by atomic mass is 9.97. The van der Waals surface area contributed by atoms with Gasteiger partial charge in [-0.1, -0.05) is 118 Å². The first kappa shape index (κ1) is 25.8. The maximum atomic E-state index is 4.23. The molecule has 0 saturated carbocycles. The predicted octanol–water partition coefficient (Wildman–Crippen LogP) is 9.65. The summed E-state index contributed by atoms with van der Waals surface area (Å²) in [5.74, 6) is 0. The summed E-state index contributed by atoms with van der Waals surface area (Å²) in [6, 6.07) is 25.3. The molecule has 0 aliphatic heterocycles. The summed E-state index contributed by atoms with van der Waals surface area (Å²) in [5.41, 5.74) is 11.3. The fourth-order valence-corrected chi connectivity index (χ4v) is 4.02. The molecular formula is C34H37N. The fraction of sp³-hybridized carbons (Fsp3) is 0.176. The average Bonchev–Trinajstić information content (AvgIpc) is 3.41. The Morgan fingerprint density at radius 1 is 0.886 bits per heavy atom. The van der Waals surface area contributed by atoms with Crippen molar-refractivity contribution in [2.24, 2.45) is 0 Å². The van der Waals surface area contributed by atoms with Crippen LogP contribution in [0.25, 0.3) is 16.8 Å². The second-order valence-electron chi connectivity index (χ2n) is 9.05. The number of rotatable bonds is 8. The van der Waals surface area contributed by atoms with Crippen LogP contribution < -0.4 is 5.32 Å². The molecule has 1 nitrogen and oxygen atoms in total. The zero-order chi connectivity index (χ0) is 25.2. The van der Waals surface area contributed by atoms with E-state index in [1.54, 1.807) is 0 Å². The van der Waals surface area contributed by atoms with E-state index in [9.17, 15) is 0 Å². The van der Waals surface area contributed by atoms with E-state index in [1.807, 2.05) is 6.92 Å². The third kappa shape index (κ3) is 7.32. The van der Waals surface area contributed by atoms with E-state index in [-0.39, 0.29) is 0 Å². The number of hydrogen-bond donors (Lipinski definition) is 1. The summed E-state index contributed by atoms with van der Waals surface area (Å²) in [7, 11) is 0. The molecule has 0 unspecified atom stereocenters. The maximum absolute atomic E-state index is 4.23. The van der Waals surface area contributed by atoms with Gasteiger partial charge in [-0.05, 0) is 72.2 Å². The summed E-state index contributed by atoms with van der Waals surface area (Å²) in [5, 5.41) is 3.44. The van der Waals surface area contributed by atoms with Gasteiger partial charge in [0.1, 0.15) is 0 Å². The number of anilines is 1. The molecule has 0 saturated heterocycles. The quantitative estimate of drug-likeness (QED) is 0.353. The van der Waals surface area contributed by atoms with Crippen molar-refractivity contribution in [1.82, 2.24) is 0 Å². The largest absolute Gasteiger partial charge is 0.355 e. The van der Waals surface area contributed by atoms with Gasteiger partial charge >= 0.3 is 0 Å². The van der Waals surface area contributed by atoms with Gasteiger partial charge in [0.05, 0.1) is 0 Å². The van der Waals surface area contributed by atoms with Crippen LogP contribution in [-0.4, -0.2) is 0 Å². The molecule has 0 amide bonds. The molecule has 1 aliphatic carbocycles. The van der Waals surface area contributed by atoms with E-state index in [1.165, 1.54) is 29.5 Å². The van der Waals surface area contributed by atoms with E-state index >= 15 is 0 Å². The van der Waals surface area contributed by atoms with Crippen LogP contribution in [0.15, 0.2) is 116 Å². The lowest BCUT2D eigenvalue weighted by Gasteiger charge is -2.16. The first-order valence-corrected chi connectivity index (χ1v) is 12.3. The third-order valence-corrected chi connectivity index (χ3v) is 6.04. The number of benzene rings is 3. The molecule has 0 heterocycles. The number of nitrogens with one attached hydrogen (secondary N) is 1. The average molecular weight is 460 g/mol. The van der Waals surface area contributed by atoms with Crippen LogP contribution in [0.1, 0.15) is 54.5 Å². The van der Waals surface area contributed by atoms with Crippen LogP contribution in [0, 0.1) is 6.92 Å². The lowest BCUT2D eigenvalue weighted by Crippen LogP contribution is -2.00. The smallest absolute Gasteiger partial charge is 0.0460 e. The second-order valence-corrected chi connectivity index (χ2v) is 9.05. The van der Waals surface area contributed by atoms with Gasteiger partial charge in [-0.25, -0.2) is 0 Å². The van der Waals surface area contributed by atoms with Gasteiger partial charge in [-0.15, -0.1) is 0 Å². The van der Waals surface area contributed by atoms with Crippen LogP contribution in [0.2, 0.25) is 0 Å². The van der Waals surface area contributed by atoms with Gasteiger partial charge in [0.25, 0.3) is 0 Å². The number of aryl methyl sites for hydroxylation is 2. The summed E-state index contributed by atoms with van der Waals surface area (Å²) >= 11 is 0. The Morgan fingerprint density at radius 3 is 2.17 bits per heavy atom. The van der Waals surface area contributed by atoms with Crippen molar-refractivity contribution >= 4 is 22.5 Å². The minimum atomic E-state index is 0.871. The molecule has 4 rings (SSSR count). The second kappa shape index (κ2) is 12.6. The minimum Gasteiger partial charge on any atom is -0.355 e. The van der Waals surface area contributed by atoms with Crippen LogP contribution in [0.3, 0.4) is 0 Å². The highest BCUT2D eigenvalue weighted by Crippen LogP contribution is 2.30.